The molecular formula is C12H24N2O3. The molecule has 1 aliphatic rings. The topological polar surface area (TPSA) is 84.6 Å². The van der Waals surface area contributed by atoms with Gasteiger partial charge in [0.05, 0.1) is 17.2 Å². The normalized spacial score (nSPS) is 26.0. The number of carbonyl (C=O) groups is 1. The molecule has 2 atom stereocenters. The number of nitrogens with one attached hydrogen (secondary N) is 1. The van der Waals surface area contributed by atoms with E-state index < -0.39 is 17.2 Å². The van der Waals surface area contributed by atoms with Gasteiger partial charge in [-0.2, -0.15) is 0 Å². The van der Waals surface area contributed by atoms with Crippen LogP contribution in [0.25, 0.3) is 0 Å². The predicted octanol–water partition coefficient (Wildman–Crippen LogP) is 0.158. The maximum atomic E-state index is 12.0. The highest BCUT2D eigenvalue weighted by Gasteiger charge is 2.39. The fraction of sp³-hybridized carbons (Fsp3) is 0.917. The molecule has 0 spiro atoms. The molecule has 1 saturated heterocycles. The molecule has 2 unspecified atom stereocenters. The number of hydrogen-bond acceptors (Lipinski definition) is 4. The molecule has 0 aromatic carbocycles. The highest BCUT2D eigenvalue weighted by Crippen LogP contribution is 2.23. The highest BCUT2D eigenvalue weighted by atomic mass is 16.5. The maximum Gasteiger partial charge on any atom is 0.249 e. The molecule has 0 aromatic rings. The molecule has 4 N–H and O–H groups in total. The summed E-state index contributed by atoms with van der Waals surface area (Å²) in [6.45, 7) is 7.37. The van der Waals surface area contributed by atoms with Crippen molar-refractivity contribution in [1.29, 1.82) is 0 Å². The van der Waals surface area contributed by atoms with Crippen LogP contribution < -0.4 is 11.1 Å². The third-order valence-corrected chi connectivity index (χ3v) is 3.63. The van der Waals surface area contributed by atoms with Crippen molar-refractivity contribution in [3.8, 4) is 0 Å². The summed E-state index contributed by atoms with van der Waals surface area (Å²) in [6, 6.07) is 0. The van der Waals surface area contributed by atoms with Gasteiger partial charge in [-0.05, 0) is 40.5 Å². The lowest BCUT2D eigenvalue weighted by atomic mass is 9.86. The molecule has 1 fully saturated rings. The van der Waals surface area contributed by atoms with Gasteiger partial charge in [-0.3, -0.25) is 4.79 Å². The average Bonchev–Trinajstić information content (AvgIpc) is 2.63. The summed E-state index contributed by atoms with van der Waals surface area (Å²) < 4.78 is 5.51. The third kappa shape index (κ3) is 3.40. The number of hydrogen-bond donors (Lipinski definition) is 3. The summed E-state index contributed by atoms with van der Waals surface area (Å²) in [5.74, 6) is -0.173. The highest BCUT2D eigenvalue weighted by molar-refractivity contribution is 5.81. The number of amides is 1. The van der Waals surface area contributed by atoms with E-state index in [-0.39, 0.29) is 12.0 Å². The van der Waals surface area contributed by atoms with E-state index in [1.54, 1.807) is 27.7 Å². The van der Waals surface area contributed by atoms with Crippen molar-refractivity contribution in [2.45, 2.75) is 63.9 Å². The number of aliphatic hydroxyl groups is 1. The van der Waals surface area contributed by atoms with E-state index in [1.807, 2.05) is 0 Å². The predicted molar refractivity (Wildman–Crippen MR) is 65.5 cm³/mol. The zero-order valence-corrected chi connectivity index (χ0v) is 11.1. The van der Waals surface area contributed by atoms with Crippen LogP contribution in [0.4, 0.5) is 0 Å². The molecule has 100 valence electrons. The first-order valence-corrected chi connectivity index (χ1v) is 6.07. The van der Waals surface area contributed by atoms with Gasteiger partial charge < -0.3 is 20.9 Å². The molecule has 5 nitrogen and oxygen atoms in total. The van der Waals surface area contributed by atoms with Gasteiger partial charge in [-0.25, -0.2) is 0 Å². The van der Waals surface area contributed by atoms with Gasteiger partial charge >= 0.3 is 0 Å². The van der Waals surface area contributed by atoms with E-state index in [9.17, 15) is 9.90 Å². The first-order valence-electron chi connectivity index (χ1n) is 6.07. The molecule has 0 aliphatic carbocycles. The third-order valence-electron chi connectivity index (χ3n) is 3.63. The Morgan fingerprint density at radius 1 is 1.41 bits per heavy atom. The Bertz CT molecular complexity index is 284. The molecule has 1 heterocycles. The second-order valence-electron chi connectivity index (χ2n) is 5.73. The number of rotatable bonds is 4. The fourth-order valence-corrected chi connectivity index (χ4v) is 1.61. The Hall–Kier alpha value is -0.650. The van der Waals surface area contributed by atoms with Crippen molar-refractivity contribution < 1.29 is 14.6 Å². The minimum Gasteiger partial charge on any atom is -0.388 e. The van der Waals surface area contributed by atoms with Crippen LogP contribution in [0.1, 0.15) is 40.5 Å². The van der Waals surface area contributed by atoms with Crippen LogP contribution in [-0.2, 0) is 9.53 Å². The van der Waals surface area contributed by atoms with Crippen LogP contribution in [-0.4, -0.2) is 40.9 Å². The smallest absolute Gasteiger partial charge is 0.249 e. The Kier molecular flexibility index (Phi) is 4.17. The Morgan fingerprint density at radius 3 is 2.41 bits per heavy atom. The summed E-state index contributed by atoms with van der Waals surface area (Å²) in [4.78, 5) is 12.0. The van der Waals surface area contributed by atoms with Gasteiger partial charge in [0.15, 0.2) is 0 Å². The van der Waals surface area contributed by atoms with E-state index >= 15 is 0 Å². The first kappa shape index (κ1) is 14.4. The van der Waals surface area contributed by atoms with Gasteiger partial charge in [-0.15, -0.1) is 0 Å². The molecule has 5 heteroatoms. The van der Waals surface area contributed by atoms with Crippen LogP contribution >= 0.6 is 0 Å². The van der Waals surface area contributed by atoms with Crippen molar-refractivity contribution in [2.75, 3.05) is 6.54 Å². The lowest BCUT2D eigenvalue weighted by Crippen LogP contribution is -2.59. The molecular weight excluding hydrogens is 220 g/mol. The Labute approximate surface area is 103 Å². The van der Waals surface area contributed by atoms with Crippen molar-refractivity contribution in [2.24, 2.45) is 5.73 Å². The van der Waals surface area contributed by atoms with E-state index in [2.05, 4.69) is 5.32 Å². The van der Waals surface area contributed by atoms with Crippen molar-refractivity contribution in [3.63, 3.8) is 0 Å². The summed E-state index contributed by atoms with van der Waals surface area (Å²) in [7, 11) is 0. The van der Waals surface area contributed by atoms with Gasteiger partial charge in [0.2, 0.25) is 5.91 Å². The fourth-order valence-electron chi connectivity index (χ4n) is 1.61. The molecule has 0 radical (unpaired) electrons. The molecule has 0 saturated carbocycles. The van der Waals surface area contributed by atoms with Crippen molar-refractivity contribution >= 4 is 5.91 Å². The Balaban J connectivity index is 2.56. The summed E-state index contributed by atoms with van der Waals surface area (Å²) in [6.07, 6.45) is 1.05. The quantitative estimate of drug-likeness (QED) is 0.657. The standard InChI is InChI=1S/C12H24N2O3/c1-11(2,12(3,4)16)14-10(15)9-6-5-8(7-13)17-9/h8-9,16H,5-7,13H2,1-4H3,(H,14,15). The van der Waals surface area contributed by atoms with Crippen LogP contribution in [0.3, 0.4) is 0 Å². The Morgan fingerprint density at radius 2 is 2.00 bits per heavy atom. The van der Waals surface area contributed by atoms with Crippen molar-refractivity contribution in [1.82, 2.24) is 5.32 Å². The van der Waals surface area contributed by atoms with Crippen molar-refractivity contribution in [3.05, 3.63) is 0 Å². The van der Waals surface area contributed by atoms with Crippen LogP contribution in [0.15, 0.2) is 0 Å². The second-order valence-corrected chi connectivity index (χ2v) is 5.73. The van der Waals surface area contributed by atoms with Crippen LogP contribution in [0, 0.1) is 0 Å². The van der Waals surface area contributed by atoms with Crippen LogP contribution in [0.5, 0.6) is 0 Å². The summed E-state index contributed by atoms with van der Waals surface area (Å²) in [5, 5.41) is 12.8. The zero-order chi connectivity index (χ0) is 13.3. The molecule has 0 bridgehead atoms. The number of nitrogens with two attached hydrogens (primary N) is 1. The molecule has 17 heavy (non-hydrogen) atoms. The lowest BCUT2D eigenvalue weighted by molar-refractivity contribution is -0.136. The minimum absolute atomic E-state index is 0.0176. The van der Waals surface area contributed by atoms with Gasteiger partial charge in [0.1, 0.15) is 6.10 Å². The monoisotopic (exact) mass is 244 g/mol. The van der Waals surface area contributed by atoms with Gasteiger partial charge in [-0.1, -0.05) is 0 Å². The summed E-state index contributed by atoms with van der Waals surface area (Å²) >= 11 is 0. The van der Waals surface area contributed by atoms with E-state index in [1.165, 1.54) is 0 Å². The molecule has 1 aliphatic heterocycles. The SMILES string of the molecule is CC(C)(O)C(C)(C)NC(=O)C1CCC(CN)O1. The second kappa shape index (κ2) is 4.92. The number of carbonyl (C=O) groups excluding carboxylic acids is 1. The lowest BCUT2D eigenvalue weighted by Gasteiger charge is -2.38. The molecule has 1 amide bonds. The van der Waals surface area contributed by atoms with Gasteiger partial charge in [0, 0.05) is 6.54 Å². The number of ether oxygens (including phenoxy) is 1. The van der Waals surface area contributed by atoms with E-state index in [4.69, 9.17) is 10.5 Å². The minimum atomic E-state index is -0.992. The van der Waals surface area contributed by atoms with E-state index in [0.29, 0.717) is 13.0 Å². The largest absolute Gasteiger partial charge is 0.388 e. The molecule has 1 rings (SSSR count). The zero-order valence-electron chi connectivity index (χ0n) is 11.1. The van der Waals surface area contributed by atoms with Gasteiger partial charge in [0.25, 0.3) is 0 Å². The summed E-state index contributed by atoms with van der Waals surface area (Å²) in [5.41, 5.74) is 3.80. The molecule has 0 aromatic heterocycles. The average molecular weight is 244 g/mol. The van der Waals surface area contributed by atoms with E-state index in [0.717, 1.165) is 6.42 Å². The van der Waals surface area contributed by atoms with Crippen LogP contribution in [0.2, 0.25) is 0 Å². The first-order chi connectivity index (χ1) is 7.67. The maximum absolute atomic E-state index is 12.0.